The monoisotopic (exact) mass is 755 g/mol. The Morgan fingerprint density at radius 3 is 1.60 bits per heavy atom. The number of rotatable bonds is 31. The van der Waals surface area contributed by atoms with Gasteiger partial charge >= 0.3 is 5.97 Å². The van der Waals surface area contributed by atoms with E-state index in [0.29, 0.717) is 12.8 Å². The number of guanidine groups is 1. The minimum absolute atomic E-state index is 0.00971. The van der Waals surface area contributed by atoms with Crippen molar-refractivity contribution in [2.45, 2.75) is 174 Å². The molecule has 5 amide bonds. The van der Waals surface area contributed by atoms with E-state index in [1.54, 1.807) is 0 Å². The Kier molecular flexibility index (Phi) is 27.3. The molecule has 0 aromatic rings. The van der Waals surface area contributed by atoms with E-state index >= 15 is 0 Å². The van der Waals surface area contributed by atoms with Gasteiger partial charge in [0.15, 0.2) is 5.96 Å². The Hall–Kier alpha value is -3.95. The van der Waals surface area contributed by atoms with Crippen molar-refractivity contribution >= 4 is 41.5 Å². The van der Waals surface area contributed by atoms with Gasteiger partial charge in [-0.2, -0.15) is 0 Å². The zero-order valence-electron chi connectivity index (χ0n) is 32.8. The van der Waals surface area contributed by atoms with Gasteiger partial charge in [0.1, 0.15) is 24.2 Å². The number of hydrogen-bond acceptors (Lipinski definition) is 8. The van der Waals surface area contributed by atoms with Crippen LogP contribution in [0.4, 0.5) is 0 Å². The second-order valence-corrected chi connectivity index (χ2v) is 14.3. The molecule has 16 nitrogen and oxygen atoms in total. The maximum atomic E-state index is 13.4. The molecule has 0 unspecified atom stereocenters. The summed E-state index contributed by atoms with van der Waals surface area (Å²) in [5.41, 5.74) is 10.8. The summed E-state index contributed by atoms with van der Waals surface area (Å²) >= 11 is 0. The van der Waals surface area contributed by atoms with Gasteiger partial charge in [-0.1, -0.05) is 97.8 Å². The molecule has 11 N–H and O–H groups in total. The highest BCUT2D eigenvalue weighted by atomic mass is 16.4. The maximum absolute atomic E-state index is 13.4. The van der Waals surface area contributed by atoms with E-state index in [-0.39, 0.29) is 37.7 Å². The van der Waals surface area contributed by atoms with Gasteiger partial charge in [-0.25, -0.2) is 0 Å². The van der Waals surface area contributed by atoms with Crippen LogP contribution in [0.15, 0.2) is 4.99 Å². The van der Waals surface area contributed by atoms with Crippen LogP contribution in [0.5, 0.6) is 0 Å². The zero-order chi connectivity index (χ0) is 40.2. The molecule has 0 spiro atoms. The topological polar surface area (TPSA) is 267 Å². The highest BCUT2D eigenvalue weighted by Crippen LogP contribution is 2.13. The second kappa shape index (κ2) is 29.5. The van der Waals surface area contributed by atoms with Gasteiger partial charge in [0, 0.05) is 20.0 Å². The van der Waals surface area contributed by atoms with Crippen molar-refractivity contribution in [1.82, 2.24) is 26.6 Å². The Balaban J connectivity index is 5.33. The lowest BCUT2D eigenvalue weighted by atomic mass is 10.0. The van der Waals surface area contributed by atoms with Crippen LogP contribution >= 0.6 is 0 Å². The highest BCUT2D eigenvalue weighted by molar-refractivity contribution is 5.97. The van der Waals surface area contributed by atoms with E-state index in [1.807, 2.05) is 13.8 Å². The van der Waals surface area contributed by atoms with Crippen LogP contribution in [-0.2, 0) is 28.8 Å². The number of carboxylic acids is 1. The van der Waals surface area contributed by atoms with E-state index in [1.165, 1.54) is 65.3 Å². The first kappa shape index (κ1) is 49.0. The summed E-state index contributed by atoms with van der Waals surface area (Å²) in [5.74, 6) is -5.11. The largest absolute Gasteiger partial charge is 0.481 e. The summed E-state index contributed by atoms with van der Waals surface area (Å²) in [6.45, 7) is 7.38. The summed E-state index contributed by atoms with van der Waals surface area (Å²) in [5, 5.41) is 32.3. The molecule has 0 radical (unpaired) electrons. The number of carbonyl (C=O) groups is 6. The van der Waals surface area contributed by atoms with Crippen LogP contribution in [0.2, 0.25) is 0 Å². The van der Waals surface area contributed by atoms with Gasteiger partial charge < -0.3 is 48.3 Å². The lowest BCUT2D eigenvalue weighted by Crippen LogP contribution is -2.60. The Labute approximate surface area is 316 Å². The van der Waals surface area contributed by atoms with E-state index < -0.39 is 72.2 Å². The molecule has 0 heterocycles. The molecule has 306 valence electrons. The summed E-state index contributed by atoms with van der Waals surface area (Å²) < 4.78 is 0. The van der Waals surface area contributed by atoms with Crippen LogP contribution < -0.4 is 38.1 Å². The normalized spacial score (nSPS) is 13.9. The third kappa shape index (κ3) is 24.8. The predicted octanol–water partition coefficient (Wildman–Crippen LogP) is 2.11. The number of carbonyl (C=O) groups excluding carboxylic acids is 5. The molecule has 0 saturated carbocycles. The average Bonchev–Trinajstić information content (AvgIpc) is 3.08. The first-order chi connectivity index (χ1) is 25.1. The minimum Gasteiger partial charge on any atom is -0.481 e. The fourth-order valence-corrected chi connectivity index (χ4v) is 5.79. The number of unbranched alkanes of at least 4 members (excludes halogenated alkanes) is 12. The van der Waals surface area contributed by atoms with Crippen molar-refractivity contribution in [2.24, 2.45) is 22.4 Å². The molecule has 0 aromatic carbocycles. The third-order valence-corrected chi connectivity index (χ3v) is 8.77. The lowest BCUT2D eigenvalue weighted by Gasteiger charge is -2.27. The van der Waals surface area contributed by atoms with Gasteiger partial charge in [-0.3, -0.25) is 33.8 Å². The third-order valence-electron chi connectivity index (χ3n) is 8.77. The van der Waals surface area contributed by atoms with Crippen molar-refractivity contribution in [1.29, 1.82) is 0 Å². The van der Waals surface area contributed by atoms with E-state index in [9.17, 15) is 39.0 Å². The maximum Gasteiger partial charge on any atom is 0.305 e. The molecule has 0 aliphatic rings. The summed E-state index contributed by atoms with van der Waals surface area (Å²) in [6.07, 6.45) is 13.4. The van der Waals surface area contributed by atoms with E-state index in [2.05, 4.69) is 38.5 Å². The summed E-state index contributed by atoms with van der Waals surface area (Å²) in [6, 6.07) is -5.29. The number of aliphatic carboxylic acids is 1. The van der Waals surface area contributed by atoms with Crippen LogP contribution in [0.3, 0.4) is 0 Å². The van der Waals surface area contributed by atoms with Gasteiger partial charge in [-0.05, 0) is 38.5 Å². The van der Waals surface area contributed by atoms with Crippen molar-refractivity contribution < 1.29 is 39.0 Å². The van der Waals surface area contributed by atoms with Crippen LogP contribution in [-0.4, -0.2) is 95.5 Å². The zero-order valence-corrected chi connectivity index (χ0v) is 32.8. The number of amides is 5. The molecular formula is C37H70N8O8. The molecule has 0 rings (SSSR count). The molecule has 5 atom stereocenters. The van der Waals surface area contributed by atoms with E-state index in [4.69, 9.17) is 11.5 Å². The quantitative estimate of drug-likeness (QED) is 0.0283. The molecule has 0 fully saturated rings. The summed E-state index contributed by atoms with van der Waals surface area (Å²) in [4.78, 5) is 80.8. The van der Waals surface area contributed by atoms with Crippen molar-refractivity contribution in [2.75, 3.05) is 13.6 Å². The Morgan fingerprint density at radius 1 is 0.642 bits per heavy atom. The van der Waals surface area contributed by atoms with Crippen LogP contribution in [0.25, 0.3) is 0 Å². The van der Waals surface area contributed by atoms with Crippen molar-refractivity contribution in [3.63, 3.8) is 0 Å². The molecule has 0 aromatic heterocycles. The number of nitrogens with one attached hydrogen (secondary N) is 5. The van der Waals surface area contributed by atoms with Crippen molar-refractivity contribution in [3.05, 3.63) is 0 Å². The van der Waals surface area contributed by atoms with E-state index in [0.717, 1.165) is 25.7 Å². The van der Waals surface area contributed by atoms with Gasteiger partial charge in [0.2, 0.25) is 29.5 Å². The first-order valence-corrected chi connectivity index (χ1v) is 19.5. The Bertz CT molecular complexity index is 1130. The Morgan fingerprint density at radius 2 is 1.13 bits per heavy atom. The molecule has 0 aliphatic heterocycles. The number of carboxylic acid groups (broad SMARTS) is 1. The lowest BCUT2D eigenvalue weighted by molar-refractivity contribution is -0.142. The van der Waals surface area contributed by atoms with Gasteiger partial charge in [0.05, 0.1) is 12.5 Å². The second-order valence-electron chi connectivity index (χ2n) is 14.3. The number of nitrogens with zero attached hydrogens (tertiary/aromatic N) is 1. The highest BCUT2D eigenvalue weighted by Gasteiger charge is 2.33. The van der Waals surface area contributed by atoms with Gasteiger partial charge in [0.25, 0.3) is 0 Å². The number of aliphatic hydroxyl groups excluding tert-OH is 1. The molecule has 16 heteroatoms. The number of nitrogens with two attached hydrogens (primary N) is 2. The minimum atomic E-state index is -1.67. The number of aliphatic imine (C=N–C) groups is 1. The van der Waals surface area contributed by atoms with Crippen LogP contribution in [0, 0.1) is 5.92 Å². The first-order valence-electron chi connectivity index (χ1n) is 19.5. The number of aliphatic hydroxyl groups is 1. The molecule has 0 bridgehead atoms. The average molecular weight is 755 g/mol. The SMILES string of the molecule is CCCCCCCCCCCCCCCC(=O)N[C@H](C(=O)N[C@@H](CC(=O)O)C(=O)N[C@@H](CCCN=C(N)N)C(=O)N[C@@H](CC(C)C)C(=O)NC)[C@@H](C)O. The number of likely N-dealkylation sites (N-methyl/N-ethyl adjacent to an activating group) is 1. The predicted molar refractivity (Wildman–Crippen MR) is 205 cm³/mol. The summed E-state index contributed by atoms with van der Waals surface area (Å²) in [7, 11) is 1.43. The van der Waals surface area contributed by atoms with Gasteiger partial charge in [-0.15, -0.1) is 0 Å². The molecule has 0 aliphatic carbocycles. The number of hydrogen-bond donors (Lipinski definition) is 9. The van der Waals surface area contributed by atoms with Crippen LogP contribution in [0.1, 0.15) is 143 Å². The fourth-order valence-electron chi connectivity index (χ4n) is 5.79. The molecular weight excluding hydrogens is 684 g/mol. The van der Waals surface area contributed by atoms with Crippen molar-refractivity contribution in [3.8, 4) is 0 Å². The fraction of sp³-hybridized carbons (Fsp3) is 0.811. The smallest absolute Gasteiger partial charge is 0.305 e. The standard InChI is InChI=1S/C37H70N8O8/c1-6-7-8-9-10-11-12-13-14-15-16-17-18-21-30(47)45-32(26(4)46)36(53)44-29(24-31(48)49)35(52)42-27(20-19-22-41-37(38)39)34(51)43-28(23-25(2)3)33(50)40-5/h25-29,32,46H,6-24H2,1-5H3,(H,40,50)(H,42,52)(H,43,51)(H,44,53)(H,45,47)(H,48,49)(H4,38,39,41)/t26-,27+,28+,29+,32+/m1/s1. The molecule has 53 heavy (non-hydrogen) atoms. The molecule has 0 saturated heterocycles.